The molecule has 0 spiro atoms. The Morgan fingerprint density at radius 1 is 1.35 bits per heavy atom. The fraction of sp³-hybridized carbons (Fsp3) is 0.385. The standard InChI is InChI=1S/C13H12ClN3O2S/c14-12-6-10(7-15)3-4-13(12)20(18,19)17-5-1-2-11(8-16)9-17/h3-4,6,11H,1-2,5,9H2. The second-order valence-electron chi connectivity index (χ2n) is 4.59. The van der Waals surface area contributed by atoms with Crippen LogP contribution in [-0.4, -0.2) is 25.8 Å². The van der Waals surface area contributed by atoms with Gasteiger partial charge in [0, 0.05) is 13.1 Å². The molecular weight excluding hydrogens is 298 g/mol. The molecule has 1 aliphatic heterocycles. The third-order valence-corrected chi connectivity index (χ3v) is 5.59. The highest BCUT2D eigenvalue weighted by Crippen LogP contribution is 2.28. The van der Waals surface area contributed by atoms with Crippen molar-refractivity contribution in [2.75, 3.05) is 13.1 Å². The molecule has 2 rings (SSSR count). The summed E-state index contributed by atoms with van der Waals surface area (Å²) in [6.07, 6.45) is 1.37. The maximum atomic E-state index is 12.5. The van der Waals surface area contributed by atoms with Crippen LogP contribution in [0.25, 0.3) is 0 Å². The zero-order valence-electron chi connectivity index (χ0n) is 10.6. The second kappa shape index (κ2) is 5.80. The highest BCUT2D eigenvalue weighted by atomic mass is 35.5. The van der Waals surface area contributed by atoms with Gasteiger partial charge in [-0.15, -0.1) is 0 Å². The van der Waals surface area contributed by atoms with Crippen molar-refractivity contribution < 1.29 is 8.42 Å². The Labute approximate surface area is 123 Å². The molecule has 1 saturated heterocycles. The molecule has 1 heterocycles. The van der Waals surface area contributed by atoms with Crippen molar-refractivity contribution in [3.8, 4) is 12.1 Å². The number of hydrogen-bond donors (Lipinski definition) is 0. The van der Waals surface area contributed by atoms with Gasteiger partial charge in [-0.1, -0.05) is 11.6 Å². The van der Waals surface area contributed by atoms with E-state index in [1.165, 1.54) is 22.5 Å². The predicted octanol–water partition coefficient (Wildman–Crippen LogP) is 2.14. The molecule has 20 heavy (non-hydrogen) atoms. The largest absolute Gasteiger partial charge is 0.244 e. The fourth-order valence-corrected chi connectivity index (χ4v) is 4.23. The number of halogens is 1. The summed E-state index contributed by atoms with van der Waals surface area (Å²) in [7, 11) is -3.72. The van der Waals surface area contributed by atoms with Crippen molar-refractivity contribution in [1.82, 2.24) is 4.31 Å². The Morgan fingerprint density at radius 2 is 2.10 bits per heavy atom. The highest BCUT2D eigenvalue weighted by molar-refractivity contribution is 7.89. The SMILES string of the molecule is N#Cc1ccc(S(=O)(=O)N2CCCC(C#N)C2)c(Cl)c1. The number of hydrogen-bond acceptors (Lipinski definition) is 4. The van der Waals surface area contributed by atoms with Crippen LogP contribution in [-0.2, 0) is 10.0 Å². The lowest BCUT2D eigenvalue weighted by atomic mass is 10.0. The summed E-state index contributed by atoms with van der Waals surface area (Å²) < 4.78 is 26.3. The van der Waals surface area contributed by atoms with Crippen LogP contribution in [0.3, 0.4) is 0 Å². The molecule has 1 fully saturated rings. The zero-order valence-corrected chi connectivity index (χ0v) is 12.2. The van der Waals surface area contributed by atoms with E-state index in [2.05, 4.69) is 6.07 Å². The van der Waals surface area contributed by atoms with E-state index in [-0.39, 0.29) is 22.4 Å². The van der Waals surface area contributed by atoms with Crippen LogP contribution < -0.4 is 0 Å². The molecule has 1 unspecified atom stereocenters. The van der Waals surface area contributed by atoms with Gasteiger partial charge in [-0.2, -0.15) is 14.8 Å². The molecule has 1 aromatic carbocycles. The molecule has 1 aliphatic rings. The molecule has 0 radical (unpaired) electrons. The summed E-state index contributed by atoms with van der Waals surface area (Å²) in [5.41, 5.74) is 0.308. The van der Waals surface area contributed by atoms with Crippen LogP contribution in [0.4, 0.5) is 0 Å². The fourth-order valence-electron chi connectivity index (χ4n) is 2.18. The van der Waals surface area contributed by atoms with Gasteiger partial charge in [0.15, 0.2) is 0 Å². The van der Waals surface area contributed by atoms with Gasteiger partial charge >= 0.3 is 0 Å². The van der Waals surface area contributed by atoms with E-state index in [0.717, 1.165) is 0 Å². The van der Waals surface area contributed by atoms with Crippen molar-refractivity contribution in [3.63, 3.8) is 0 Å². The van der Waals surface area contributed by atoms with Gasteiger partial charge < -0.3 is 0 Å². The number of rotatable bonds is 2. The topological polar surface area (TPSA) is 85.0 Å². The Hall–Kier alpha value is -1.60. The van der Waals surface area contributed by atoms with Crippen molar-refractivity contribution in [1.29, 1.82) is 10.5 Å². The minimum Gasteiger partial charge on any atom is -0.207 e. The summed E-state index contributed by atoms with van der Waals surface area (Å²) in [5.74, 6) is -0.282. The monoisotopic (exact) mass is 309 g/mol. The van der Waals surface area contributed by atoms with Crippen LogP contribution in [0, 0.1) is 28.6 Å². The van der Waals surface area contributed by atoms with Gasteiger partial charge in [0.05, 0.1) is 28.6 Å². The van der Waals surface area contributed by atoms with Gasteiger partial charge in [-0.3, -0.25) is 0 Å². The van der Waals surface area contributed by atoms with Crippen LogP contribution >= 0.6 is 11.6 Å². The van der Waals surface area contributed by atoms with E-state index in [1.54, 1.807) is 0 Å². The summed E-state index contributed by atoms with van der Waals surface area (Å²) in [4.78, 5) is -0.0169. The molecule has 0 bridgehead atoms. The lowest BCUT2D eigenvalue weighted by Crippen LogP contribution is -2.39. The Balaban J connectivity index is 2.36. The normalized spacial score (nSPS) is 20.1. The van der Waals surface area contributed by atoms with E-state index < -0.39 is 10.0 Å². The summed E-state index contributed by atoms with van der Waals surface area (Å²) in [5, 5.41) is 17.7. The third-order valence-electron chi connectivity index (χ3n) is 3.25. The Bertz CT molecular complexity index is 703. The number of nitrogens with zero attached hydrogens (tertiary/aromatic N) is 3. The summed E-state index contributed by atoms with van der Waals surface area (Å²) >= 11 is 5.96. The van der Waals surface area contributed by atoms with Crippen LogP contribution in [0.5, 0.6) is 0 Å². The maximum absolute atomic E-state index is 12.5. The van der Waals surface area contributed by atoms with Crippen LogP contribution in [0.1, 0.15) is 18.4 Å². The number of benzene rings is 1. The lowest BCUT2D eigenvalue weighted by molar-refractivity contribution is 0.305. The van der Waals surface area contributed by atoms with Crippen molar-refractivity contribution in [3.05, 3.63) is 28.8 Å². The number of sulfonamides is 1. The van der Waals surface area contributed by atoms with Gasteiger partial charge in [0.2, 0.25) is 10.0 Å². The Morgan fingerprint density at radius 3 is 2.70 bits per heavy atom. The van der Waals surface area contributed by atoms with Gasteiger partial charge in [-0.05, 0) is 31.0 Å². The van der Waals surface area contributed by atoms with E-state index in [9.17, 15) is 8.42 Å². The molecule has 0 saturated carbocycles. The minimum atomic E-state index is -3.72. The molecule has 0 aliphatic carbocycles. The van der Waals surface area contributed by atoms with Crippen LogP contribution in [0.15, 0.2) is 23.1 Å². The molecular formula is C13H12ClN3O2S. The summed E-state index contributed by atoms with van der Waals surface area (Å²) in [6, 6.07) is 8.11. The predicted molar refractivity (Wildman–Crippen MR) is 73.3 cm³/mol. The minimum absolute atomic E-state index is 0.0169. The third kappa shape index (κ3) is 2.78. The molecule has 0 N–H and O–H groups in total. The average Bonchev–Trinajstić information content (AvgIpc) is 2.46. The molecule has 1 aromatic rings. The van der Waals surface area contributed by atoms with Crippen molar-refractivity contribution in [2.24, 2.45) is 5.92 Å². The zero-order chi connectivity index (χ0) is 14.8. The number of piperidine rings is 1. The van der Waals surface area contributed by atoms with Gasteiger partial charge in [0.25, 0.3) is 0 Å². The van der Waals surface area contributed by atoms with Gasteiger partial charge in [0.1, 0.15) is 4.90 Å². The molecule has 0 aromatic heterocycles. The average molecular weight is 310 g/mol. The van der Waals surface area contributed by atoms with E-state index >= 15 is 0 Å². The van der Waals surface area contributed by atoms with E-state index in [4.69, 9.17) is 22.1 Å². The van der Waals surface area contributed by atoms with E-state index in [1.807, 2.05) is 6.07 Å². The molecule has 1 atom stereocenters. The smallest absolute Gasteiger partial charge is 0.207 e. The first-order valence-electron chi connectivity index (χ1n) is 6.08. The second-order valence-corrected chi connectivity index (χ2v) is 6.90. The quantitative estimate of drug-likeness (QED) is 0.837. The lowest BCUT2D eigenvalue weighted by Gasteiger charge is -2.29. The highest BCUT2D eigenvalue weighted by Gasteiger charge is 2.31. The van der Waals surface area contributed by atoms with Crippen molar-refractivity contribution >= 4 is 21.6 Å². The molecule has 0 amide bonds. The van der Waals surface area contributed by atoms with Gasteiger partial charge in [-0.25, -0.2) is 8.42 Å². The molecule has 104 valence electrons. The Kier molecular flexibility index (Phi) is 4.29. The molecule has 5 nitrogen and oxygen atoms in total. The first-order chi connectivity index (χ1) is 9.48. The van der Waals surface area contributed by atoms with Crippen molar-refractivity contribution in [2.45, 2.75) is 17.7 Å². The van der Waals surface area contributed by atoms with E-state index in [0.29, 0.717) is 24.9 Å². The first-order valence-corrected chi connectivity index (χ1v) is 7.90. The molecule has 7 heteroatoms. The maximum Gasteiger partial charge on any atom is 0.244 e. The number of nitriles is 2. The summed E-state index contributed by atoms with van der Waals surface area (Å²) in [6.45, 7) is 0.575. The first kappa shape index (κ1) is 14.8. The van der Waals surface area contributed by atoms with Crippen LogP contribution in [0.2, 0.25) is 5.02 Å².